The largest absolute Gasteiger partial charge is 0.389 e. The molecular formula is C16H17ClF3N5S2. The molecule has 11 heteroatoms. The molecule has 0 aliphatic rings. The number of thioether (sulfide) groups is 1. The fourth-order valence-corrected chi connectivity index (χ4v) is 3.64. The van der Waals surface area contributed by atoms with Gasteiger partial charge in [0.25, 0.3) is 0 Å². The highest BCUT2D eigenvalue weighted by molar-refractivity contribution is 8.00. The lowest BCUT2D eigenvalue weighted by atomic mass is 10.3. The summed E-state index contributed by atoms with van der Waals surface area (Å²) in [6.07, 6.45) is -0.139. The number of halogens is 4. The van der Waals surface area contributed by atoms with E-state index < -0.39 is 12.6 Å². The first-order valence-electron chi connectivity index (χ1n) is 7.92. The molecule has 0 spiro atoms. The summed E-state index contributed by atoms with van der Waals surface area (Å²) in [4.78, 5) is 5.88. The Morgan fingerprint density at radius 3 is 2.78 bits per heavy atom. The van der Waals surface area contributed by atoms with Crippen molar-refractivity contribution >= 4 is 52.0 Å². The minimum atomic E-state index is -4.19. The Kier molecular flexibility index (Phi) is 7.63. The minimum Gasteiger partial charge on any atom is -0.328 e. The highest BCUT2D eigenvalue weighted by Crippen LogP contribution is 2.27. The van der Waals surface area contributed by atoms with E-state index in [0.717, 1.165) is 11.8 Å². The zero-order valence-corrected chi connectivity index (χ0v) is 16.7. The van der Waals surface area contributed by atoms with Crippen LogP contribution in [-0.4, -0.2) is 49.7 Å². The standard InChI is InChI=1S/C16H17ClF3N5S2/c1-2-24(15(26)12(21)10-27-7-5-16(18,19)20)13-9-25(23-14(13)17)11-4-3-6-22-8-11/h3-4,6,8-9,21H,2,5,7,10H2,1H3. The molecule has 0 radical (unpaired) electrons. The second-order valence-corrected chi connectivity index (χ2v) is 7.26. The number of pyridine rings is 1. The Morgan fingerprint density at radius 1 is 1.44 bits per heavy atom. The second kappa shape index (κ2) is 9.52. The van der Waals surface area contributed by atoms with Crippen LogP contribution in [0.2, 0.25) is 5.15 Å². The Bertz CT molecular complexity index is 795. The Balaban J connectivity index is 2.06. The molecule has 0 amide bonds. The normalized spacial score (nSPS) is 11.4. The quantitative estimate of drug-likeness (QED) is 0.367. The van der Waals surface area contributed by atoms with Crippen molar-refractivity contribution in [3.8, 4) is 5.69 Å². The molecular weight excluding hydrogens is 419 g/mol. The van der Waals surface area contributed by atoms with Crippen LogP contribution in [0.1, 0.15) is 13.3 Å². The summed E-state index contributed by atoms with van der Waals surface area (Å²) in [5.74, 6) is -0.0138. The molecule has 0 atom stereocenters. The summed E-state index contributed by atoms with van der Waals surface area (Å²) in [6.45, 7) is 2.28. The fourth-order valence-electron chi connectivity index (χ4n) is 2.16. The molecule has 1 N–H and O–H groups in total. The number of hydrogen-bond acceptors (Lipinski definition) is 5. The topological polar surface area (TPSA) is 57.8 Å². The lowest BCUT2D eigenvalue weighted by molar-refractivity contribution is -0.129. The molecule has 0 fully saturated rings. The number of anilines is 1. The molecule has 2 aromatic heterocycles. The Labute approximate surface area is 169 Å². The van der Waals surface area contributed by atoms with Crippen molar-refractivity contribution in [1.29, 1.82) is 5.41 Å². The van der Waals surface area contributed by atoms with Crippen LogP contribution in [0.4, 0.5) is 18.9 Å². The Morgan fingerprint density at radius 2 is 2.19 bits per heavy atom. The van der Waals surface area contributed by atoms with E-state index in [9.17, 15) is 13.2 Å². The predicted molar refractivity (Wildman–Crippen MR) is 108 cm³/mol. The van der Waals surface area contributed by atoms with Crippen LogP contribution in [-0.2, 0) is 0 Å². The van der Waals surface area contributed by atoms with Crippen LogP contribution in [0.15, 0.2) is 30.7 Å². The van der Waals surface area contributed by atoms with Gasteiger partial charge in [-0.2, -0.15) is 30.0 Å². The van der Waals surface area contributed by atoms with Crippen molar-refractivity contribution in [2.24, 2.45) is 0 Å². The Hall–Kier alpha value is -1.65. The summed E-state index contributed by atoms with van der Waals surface area (Å²) in [5.41, 5.74) is 1.31. The van der Waals surface area contributed by atoms with E-state index in [1.54, 1.807) is 34.2 Å². The molecule has 0 saturated carbocycles. The molecule has 27 heavy (non-hydrogen) atoms. The molecule has 2 heterocycles. The lowest BCUT2D eigenvalue weighted by Gasteiger charge is -2.22. The number of alkyl halides is 3. The molecule has 146 valence electrons. The van der Waals surface area contributed by atoms with Crippen molar-refractivity contribution < 1.29 is 13.2 Å². The van der Waals surface area contributed by atoms with Gasteiger partial charge in [-0.05, 0) is 19.1 Å². The zero-order chi connectivity index (χ0) is 20.0. The number of rotatable bonds is 8. The number of thiocarbonyl (C=S) groups is 1. The number of nitrogens with one attached hydrogen (secondary N) is 1. The molecule has 0 bridgehead atoms. The highest BCUT2D eigenvalue weighted by atomic mass is 35.5. The third kappa shape index (κ3) is 6.18. The van der Waals surface area contributed by atoms with Crippen molar-refractivity contribution in [3.05, 3.63) is 35.9 Å². The van der Waals surface area contributed by atoms with Gasteiger partial charge in [0.05, 0.1) is 30.2 Å². The summed E-state index contributed by atoms with van der Waals surface area (Å²) in [6, 6.07) is 3.58. The first-order valence-corrected chi connectivity index (χ1v) is 9.86. The van der Waals surface area contributed by atoms with Gasteiger partial charge in [0, 0.05) is 24.2 Å². The van der Waals surface area contributed by atoms with Crippen LogP contribution in [0.3, 0.4) is 0 Å². The molecule has 0 aliphatic carbocycles. The summed E-state index contributed by atoms with van der Waals surface area (Å²) in [5, 5.41) is 12.5. The van der Waals surface area contributed by atoms with Crippen LogP contribution in [0.25, 0.3) is 5.69 Å². The highest BCUT2D eigenvalue weighted by Gasteiger charge is 2.26. The van der Waals surface area contributed by atoms with Crippen LogP contribution in [0, 0.1) is 5.41 Å². The van der Waals surface area contributed by atoms with Gasteiger partial charge in [0.15, 0.2) is 5.15 Å². The van der Waals surface area contributed by atoms with E-state index in [1.165, 1.54) is 0 Å². The van der Waals surface area contributed by atoms with Crippen LogP contribution < -0.4 is 4.90 Å². The summed E-state index contributed by atoms with van der Waals surface area (Å²) < 4.78 is 38.2. The first-order chi connectivity index (χ1) is 12.7. The predicted octanol–water partition coefficient (Wildman–Crippen LogP) is 4.78. The smallest absolute Gasteiger partial charge is 0.328 e. The van der Waals surface area contributed by atoms with Gasteiger partial charge in [-0.3, -0.25) is 4.98 Å². The number of aromatic nitrogens is 3. The van der Waals surface area contributed by atoms with E-state index >= 15 is 0 Å². The average molecular weight is 436 g/mol. The summed E-state index contributed by atoms with van der Waals surface area (Å²) >= 11 is 12.6. The average Bonchev–Trinajstić information content (AvgIpc) is 3.01. The molecule has 0 aromatic carbocycles. The van der Waals surface area contributed by atoms with Crippen LogP contribution in [0.5, 0.6) is 0 Å². The second-order valence-electron chi connectivity index (χ2n) is 5.41. The molecule has 2 aromatic rings. The molecule has 0 aliphatic heterocycles. The van der Waals surface area contributed by atoms with Gasteiger partial charge in [-0.15, -0.1) is 0 Å². The third-order valence-electron chi connectivity index (χ3n) is 3.45. The van der Waals surface area contributed by atoms with E-state index in [-0.39, 0.29) is 27.4 Å². The van der Waals surface area contributed by atoms with E-state index in [1.807, 2.05) is 13.0 Å². The van der Waals surface area contributed by atoms with Gasteiger partial charge in [0.2, 0.25) is 0 Å². The third-order valence-corrected chi connectivity index (χ3v) is 5.17. The number of hydrogen-bond donors (Lipinski definition) is 1. The minimum absolute atomic E-state index is 0.0734. The van der Waals surface area contributed by atoms with Crippen LogP contribution >= 0.6 is 35.6 Å². The monoisotopic (exact) mass is 435 g/mol. The van der Waals surface area contributed by atoms with Gasteiger partial charge >= 0.3 is 6.18 Å². The van der Waals surface area contributed by atoms with Crippen molar-refractivity contribution in [2.75, 3.05) is 23.0 Å². The number of nitrogens with zero attached hydrogens (tertiary/aromatic N) is 4. The van der Waals surface area contributed by atoms with E-state index in [2.05, 4.69) is 10.1 Å². The molecule has 5 nitrogen and oxygen atoms in total. The van der Waals surface area contributed by atoms with Gasteiger partial charge < -0.3 is 10.3 Å². The lowest BCUT2D eigenvalue weighted by Crippen LogP contribution is -2.35. The van der Waals surface area contributed by atoms with Gasteiger partial charge in [-0.25, -0.2) is 4.68 Å². The van der Waals surface area contributed by atoms with E-state index in [0.29, 0.717) is 17.9 Å². The SMILES string of the molecule is CCN(C(=S)C(=N)CSCCC(F)(F)F)c1cn(-c2cccnc2)nc1Cl. The maximum Gasteiger partial charge on any atom is 0.389 e. The van der Waals surface area contributed by atoms with Gasteiger partial charge in [0.1, 0.15) is 10.7 Å². The fraction of sp³-hybridized carbons (Fsp3) is 0.375. The summed E-state index contributed by atoms with van der Waals surface area (Å²) in [7, 11) is 0. The zero-order valence-electron chi connectivity index (χ0n) is 14.3. The van der Waals surface area contributed by atoms with Crippen molar-refractivity contribution in [3.63, 3.8) is 0 Å². The van der Waals surface area contributed by atoms with Crippen molar-refractivity contribution in [2.45, 2.75) is 19.5 Å². The molecule has 2 rings (SSSR count). The van der Waals surface area contributed by atoms with Gasteiger partial charge in [-0.1, -0.05) is 23.8 Å². The maximum absolute atomic E-state index is 12.2. The molecule has 0 saturated heterocycles. The van der Waals surface area contributed by atoms with Crippen molar-refractivity contribution in [1.82, 2.24) is 14.8 Å². The van der Waals surface area contributed by atoms with E-state index in [4.69, 9.17) is 29.2 Å². The first kappa shape index (κ1) is 21.6. The molecule has 0 unspecified atom stereocenters. The maximum atomic E-state index is 12.2.